The first-order chi connectivity index (χ1) is 8.34. The second-order valence-electron chi connectivity index (χ2n) is 4.80. The maximum absolute atomic E-state index is 5.77. The first-order valence-electron chi connectivity index (χ1n) is 6.19. The molecule has 0 saturated heterocycles. The van der Waals surface area contributed by atoms with E-state index in [1.165, 1.54) is 24.8 Å². The van der Waals surface area contributed by atoms with Crippen LogP contribution < -0.4 is 5.46 Å². The Balaban J connectivity index is 1.97. The van der Waals surface area contributed by atoms with E-state index in [1.54, 1.807) is 6.20 Å². The molecule has 2 nitrogen and oxygen atoms in total. The molecule has 0 amide bonds. The van der Waals surface area contributed by atoms with Gasteiger partial charge in [-0.1, -0.05) is 42.2 Å². The van der Waals surface area contributed by atoms with Crippen molar-refractivity contribution >= 4 is 13.3 Å². The van der Waals surface area contributed by atoms with E-state index in [0.29, 0.717) is 12.0 Å². The maximum Gasteiger partial charge on any atom is 0.118 e. The number of hydrogen-bond donors (Lipinski definition) is 0. The van der Waals surface area contributed by atoms with Crippen LogP contribution in [-0.2, 0) is 0 Å². The molecule has 0 aliphatic heterocycles. The van der Waals surface area contributed by atoms with Gasteiger partial charge in [-0.25, -0.2) is 0 Å². The van der Waals surface area contributed by atoms with Crippen molar-refractivity contribution in [2.45, 2.75) is 25.3 Å². The van der Waals surface area contributed by atoms with Crippen molar-refractivity contribution < 1.29 is 0 Å². The lowest BCUT2D eigenvalue weighted by Gasteiger charge is -2.34. The summed E-state index contributed by atoms with van der Waals surface area (Å²) in [5, 5.41) is 4.39. The first-order valence-corrected chi connectivity index (χ1v) is 6.19. The molecule has 17 heavy (non-hydrogen) atoms. The van der Waals surface area contributed by atoms with E-state index in [9.17, 15) is 0 Å². The van der Waals surface area contributed by atoms with Gasteiger partial charge in [0.05, 0.1) is 6.04 Å². The zero-order chi connectivity index (χ0) is 11.7. The Morgan fingerprint density at radius 3 is 2.53 bits per heavy atom. The van der Waals surface area contributed by atoms with Gasteiger partial charge in [-0.05, 0) is 24.3 Å². The molecule has 3 heteroatoms. The summed E-state index contributed by atoms with van der Waals surface area (Å²) in [6, 6.07) is 10.9. The van der Waals surface area contributed by atoms with Crippen LogP contribution in [0, 0.1) is 5.92 Å². The van der Waals surface area contributed by atoms with E-state index >= 15 is 0 Å². The lowest BCUT2D eigenvalue weighted by atomic mass is 9.77. The molecule has 1 unspecified atom stereocenters. The quantitative estimate of drug-likeness (QED) is 0.727. The van der Waals surface area contributed by atoms with Gasteiger partial charge >= 0.3 is 0 Å². The number of benzene rings is 1. The Morgan fingerprint density at radius 2 is 2.00 bits per heavy atom. The molecule has 1 fully saturated rings. The Bertz CT molecular complexity index is 488. The van der Waals surface area contributed by atoms with Crippen LogP contribution in [0.1, 0.15) is 30.9 Å². The predicted octanol–water partition coefficient (Wildman–Crippen LogP) is 2.07. The van der Waals surface area contributed by atoms with Crippen LogP contribution in [0.25, 0.3) is 0 Å². The number of nitrogens with zero attached hydrogens (tertiary/aromatic N) is 2. The molecule has 2 radical (unpaired) electrons. The normalized spacial score (nSPS) is 17.6. The van der Waals surface area contributed by atoms with E-state index < -0.39 is 0 Å². The van der Waals surface area contributed by atoms with E-state index in [1.807, 2.05) is 10.9 Å². The fourth-order valence-corrected chi connectivity index (χ4v) is 2.55. The highest BCUT2D eigenvalue weighted by Gasteiger charge is 2.30. The van der Waals surface area contributed by atoms with Crippen molar-refractivity contribution in [3.8, 4) is 0 Å². The van der Waals surface area contributed by atoms with Crippen molar-refractivity contribution in [3.63, 3.8) is 0 Å². The maximum atomic E-state index is 5.77. The summed E-state index contributed by atoms with van der Waals surface area (Å²) in [4.78, 5) is 0. The molecule has 1 saturated carbocycles. The zero-order valence-electron chi connectivity index (χ0n) is 9.79. The molecular weight excluding hydrogens is 207 g/mol. The van der Waals surface area contributed by atoms with Gasteiger partial charge < -0.3 is 0 Å². The lowest BCUT2D eigenvalue weighted by Crippen LogP contribution is -2.26. The minimum absolute atomic E-state index is 0.349. The van der Waals surface area contributed by atoms with Gasteiger partial charge in [0.1, 0.15) is 7.85 Å². The topological polar surface area (TPSA) is 17.8 Å². The molecule has 0 N–H and O–H groups in total. The van der Waals surface area contributed by atoms with Crippen LogP contribution in [0.4, 0.5) is 0 Å². The Morgan fingerprint density at radius 1 is 1.24 bits per heavy atom. The monoisotopic (exact) mass is 222 g/mol. The van der Waals surface area contributed by atoms with Crippen LogP contribution in [0.15, 0.2) is 42.7 Å². The Labute approximate surface area is 103 Å². The van der Waals surface area contributed by atoms with E-state index in [0.717, 1.165) is 5.46 Å². The third-order valence-corrected chi connectivity index (χ3v) is 3.64. The molecule has 1 aliphatic carbocycles. The van der Waals surface area contributed by atoms with Crippen LogP contribution in [0.3, 0.4) is 0 Å². The van der Waals surface area contributed by atoms with Crippen LogP contribution in [-0.4, -0.2) is 17.6 Å². The molecule has 3 rings (SSSR count). The number of hydrogen-bond acceptors (Lipinski definition) is 1. The van der Waals surface area contributed by atoms with Gasteiger partial charge in [-0.3, -0.25) is 4.68 Å². The first kappa shape index (κ1) is 10.6. The van der Waals surface area contributed by atoms with Gasteiger partial charge in [0.25, 0.3) is 0 Å². The summed E-state index contributed by atoms with van der Waals surface area (Å²) in [7, 11) is 5.77. The van der Waals surface area contributed by atoms with Crippen molar-refractivity contribution in [1.29, 1.82) is 0 Å². The average molecular weight is 222 g/mol. The highest BCUT2D eigenvalue weighted by molar-refractivity contribution is 6.31. The predicted molar refractivity (Wildman–Crippen MR) is 69.5 cm³/mol. The molecular formula is C14H15BN2. The summed E-state index contributed by atoms with van der Waals surface area (Å²) < 4.78 is 2.02. The second-order valence-corrected chi connectivity index (χ2v) is 4.80. The van der Waals surface area contributed by atoms with Gasteiger partial charge in [0.15, 0.2) is 0 Å². The fraction of sp³-hybridized carbons (Fsp3) is 0.357. The second kappa shape index (κ2) is 4.40. The summed E-state index contributed by atoms with van der Waals surface area (Å²) in [6.07, 6.45) is 7.59. The summed E-state index contributed by atoms with van der Waals surface area (Å²) in [5.41, 5.74) is 2.07. The average Bonchev–Trinajstić information content (AvgIpc) is 2.71. The Hall–Kier alpha value is -1.51. The third kappa shape index (κ3) is 2.02. The third-order valence-electron chi connectivity index (χ3n) is 3.64. The minimum Gasteiger partial charge on any atom is -0.266 e. The molecule has 1 heterocycles. The standard InChI is InChI=1S/C14H15BN2/c15-13-9-16-17(10-13)14(12-7-4-8-12)11-5-2-1-3-6-11/h1-3,5-6,9-10,12,14H,4,7-8H2. The smallest absolute Gasteiger partial charge is 0.118 e. The summed E-state index contributed by atoms with van der Waals surface area (Å²) in [5.74, 6) is 0.705. The molecule has 1 aromatic carbocycles. The van der Waals surface area contributed by atoms with Crippen LogP contribution >= 0.6 is 0 Å². The van der Waals surface area contributed by atoms with Crippen LogP contribution in [0.2, 0.25) is 0 Å². The van der Waals surface area contributed by atoms with Crippen molar-refractivity contribution in [2.24, 2.45) is 5.92 Å². The number of aromatic nitrogens is 2. The van der Waals surface area contributed by atoms with Crippen molar-refractivity contribution in [2.75, 3.05) is 0 Å². The van der Waals surface area contributed by atoms with Crippen molar-refractivity contribution in [3.05, 3.63) is 48.3 Å². The lowest BCUT2D eigenvalue weighted by molar-refractivity contribution is 0.226. The van der Waals surface area contributed by atoms with E-state index in [4.69, 9.17) is 7.85 Å². The summed E-state index contributed by atoms with van der Waals surface area (Å²) >= 11 is 0. The molecule has 84 valence electrons. The zero-order valence-corrected chi connectivity index (χ0v) is 9.79. The fourth-order valence-electron chi connectivity index (χ4n) is 2.55. The van der Waals surface area contributed by atoms with Gasteiger partial charge in [-0.15, -0.1) is 0 Å². The van der Waals surface area contributed by atoms with E-state index in [2.05, 4.69) is 35.4 Å². The highest BCUT2D eigenvalue weighted by Crippen LogP contribution is 2.39. The minimum atomic E-state index is 0.349. The molecule has 1 aromatic heterocycles. The molecule has 0 spiro atoms. The number of rotatable bonds is 3. The molecule has 2 aromatic rings. The van der Waals surface area contributed by atoms with Crippen molar-refractivity contribution in [1.82, 2.24) is 9.78 Å². The van der Waals surface area contributed by atoms with Gasteiger partial charge in [0.2, 0.25) is 0 Å². The SMILES string of the molecule is [B]c1cnn(C(c2ccccc2)C2CCC2)c1. The molecule has 1 atom stereocenters. The largest absolute Gasteiger partial charge is 0.266 e. The summed E-state index contributed by atoms with van der Waals surface area (Å²) in [6.45, 7) is 0. The van der Waals surface area contributed by atoms with Gasteiger partial charge in [0, 0.05) is 12.4 Å². The van der Waals surface area contributed by atoms with Crippen LogP contribution in [0.5, 0.6) is 0 Å². The van der Waals surface area contributed by atoms with E-state index in [-0.39, 0.29) is 0 Å². The molecule has 1 aliphatic rings. The van der Waals surface area contributed by atoms with Gasteiger partial charge in [-0.2, -0.15) is 5.10 Å². The molecule has 0 bridgehead atoms. The Kier molecular flexibility index (Phi) is 2.75. The highest BCUT2D eigenvalue weighted by atomic mass is 15.3.